The fraction of sp³-hybridized carbons (Fsp3) is 0.306. The molecule has 46 heavy (non-hydrogen) atoms. The molecule has 1 fully saturated rings. The lowest BCUT2D eigenvalue weighted by Crippen LogP contribution is -2.32. The van der Waals surface area contributed by atoms with Gasteiger partial charge in [-0.2, -0.15) is 4.73 Å². The minimum atomic E-state index is -0.851. The number of aliphatic hydroxyl groups is 1. The molecule has 10 heteroatoms. The fourth-order valence-electron chi connectivity index (χ4n) is 5.30. The van der Waals surface area contributed by atoms with Gasteiger partial charge in [-0.3, -0.25) is 9.59 Å². The van der Waals surface area contributed by atoms with E-state index in [0.29, 0.717) is 43.0 Å². The molecule has 5 rings (SSSR count). The average molecular weight is 643 g/mol. The number of aliphatic carboxylic acids is 1. The van der Waals surface area contributed by atoms with Crippen LogP contribution in [0.2, 0.25) is 0 Å². The van der Waals surface area contributed by atoms with Gasteiger partial charge < -0.3 is 30.2 Å². The number of carbonyl (C=O) groups is 2. The lowest BCUT2D eigenvalue weighted by Gasteiger charge is -2.36. The van der Waals surface area contributed by atoms with Crippen LogP contribution in [0, 0.1) is 5.21 Å². The first kappa shape index (κ1) is 33.2. The van der Waals surface area contributed by atoms with Crippen molar-refractivity contribution in [1.82, 2.24) is 5.32 Å². The molecule has 1 saturated heterocycles. The van der Waals surface area contributed by atoms with Crippen LogP contribution in [-0.2, 0) is 32.2 Å². The largest absolute Gasteiger partial charge is 0.618 e. The normalized spacial score (nSPS) is 17.8. The summed E-state index contributed by atoms with van der Waals surface area (Å²) in [7, 11) is 0. The smallest absolute Gasteiger partial charge is 0.303 e. The summed E-state index contributed by atoms with van der Waals surface area (Å²) in [6.07, 6.45) is 2.41. The Balaban J connectivity index is 1.29. The molecule has 0 radical (unpaired) electrons. The lowest BCUT2D eigenvalue weighted by molar-refractivity contribution is -0.645. The zero-order valence-corrected chi connectivity index (χ0v) is 26.2. The van der Waals surface area contributed by atoms with Gasteiger partial charge in [0.1, 0.15) is 0 Å². The molecule has 1 aromatic heterocycles. The molecular weight excluding hydrogens is 604 g/mol. The molecule has 0 spiro atoms. The number of ether oxygens (including phenoxy) is 2. The first-order chi connectivity index (χ1) is 22.4. The van der Waals surface area contributed by atoms with Gasteiger partial charge in [0.15, 0.2) is 12.5 Å². The van der Waals surface area contributed by atoms with Gasteiger partial charge in [-0.15, -0.1) is 0 Å². The maximum Gasteiger partial charge on any atom is 0.303 e. The van der Waals surface area contributed by atoms with Crippen LogP contribution >= 0.6 is 11.8 Å². The number of hydrogen-bond acceptors (Lipinski definition) is 7. The molecule has 1 aliphatic heterocycles. The van der Waals surface area contributed by atoms with Gasteiger partial charge >= 0.3 is 5.97 Å². The van der Waals surface area contributed by atoms with Crippen molar-refractivity contribution < 1.29 is 34.0 Å². The van der Waals surface area contributed by atoms with Gasteiger partial charge in [-0.05, 0) is 58.9 Å². The van der Waals surface area contributed by atoms with Crippen LogP contribution < -0.4 is 10.0 Å². The van der Waals surface area contributed by atoms with E-state index in [1.165, 1.54) is 18.0 Å². The summed E-state index contributed by atoms with van der Waals surface area (Å²) in [6.45, 7) is 0.346. The summed E-state index contributed by atoms with van der Waals surface area (Å²) in [6, 6.07) is 29.1. The molecule has 3 aromatic carbocycles. The van der Waals surface area contributed by atoms with Gasteiger partial charge in [-0.25, -0.2) is 0 Å². The number of aromatic nitrogens is 1. The number of nitrogens with zero attached hydrogens (tertiary/aromatic N) is 1. The first-order valence-corrected chi connectivity index (χ1v) is 16.4. The Morgan fingerprint density at radius 2 is 1.63 bits per heavy atom. The maximum absolute atomic E-state index is 12.3. The van der Waals surface area contributed by atoms with E-state index in [4.69, 9.17) is 14.6 Å². The average Bonchev–Trinajstić information content (AvgIpc) is 3.09. The Bertz CT molecular complexity index is 1610. The summed E-state index contributed by atoms with van der Waals surface area (Å²) in [5, 5.41) is 34.0. The number of carboxylic acids is 1. The Hall–Kier alpha value is -4.22. The fourth-order valence-corrected chi connectivity index (χ4v) is 6.24. The van der Waals surface area contributed by atoms with Crippen molar-refractivity contribution in [2.24, 2.45) is 0 Å². The van der Waals surface area contributed by atoms with Crippen LogP contribution in [0.5, 0.6) is 0 Å². The number of amides is 1. The molecule has 2 heterocycles. The second-order valence-electron chi connectivity index (χ2n) is 11.2. The quantitative estimate of drug-likeness (QED) is 0.0653. The predicted octanol–water partition coefficient (Wildman–Crippen LogP) is 6.08. The summed E-state index contributed by atoms with van der Waals surface area (Å²) in [5.41, 5.74) is 5.59. The number of unbranched alkanes of at least 4 members (excludes halogenated alkanes) is 1. The van der Waals surface area contributed by atoms with Crippen LogP contribution in [0.3, 0.4) is 0 Å². The molecule has 0 saturated carbocycles. The number of aliphatic hydroxyl groups excluding tert-OH is 1. The van der Waals surface area contributed by atoms with E-state index in [9.17, 15) is 19.9 Å². The number of hydrogen-bond donors (Lipinski definition) is 3. The van der Waals surface area contributed by atoms with Crippen LogP contribution in [0.25, 0.3) is 11.1 Å². The zero-order valence-electron chi connectivity index (χ0n) is 25.4. The van der Waals surface area contributed by atoms with Crippen molar-refractivity contribution in [3.8, 4) is 11.1 Å². The van der Waals surface area contributed by atoms with Gasteiger partial charge in [0.05, 0.1) is 18.8 Å². The number of rotatable bonds is 14. The van der Waals surface area contributed by atoms with Crippen molar-refractivity contribution in [1.29, 1.82) is 0 Å². The van der Waals surface area contributed by atoms with Crippen molar-refractivity contribution in [2.75, 3.05) is 5.75 Å². The highest BCUT2D eigenvalue weighted by atomic mass is 32.2. The summed E-state index contributed by atoms with van der Waals surface area (Å²) < 4.78 is 13.9. The molecule has 3 N–H and O–H groups in total. The Kier molecular flexibility index (Phi) is 11.8. The number of carboxylic acid groups (broad SMARTS) is 1. The number of pyridine rings is 1. The maximum atomic E-state index is 12.3. The highest BCUT2D eigenvalue weighted by Crippen LogP contribution is 2.40. The summed E-state index contributed by atoms with van der Waals surface area (Å²) >= 11 is 1.45. The van der Waals surface area contributed by atoms with Crippen LogP contribution in [-0.4, -0.2) is 33.9 Å². The lowest BCUT2D eigenvalue weighted by atomic mass is 9.99. The van der Waals surface area contributed by atoms with E-state index < -0.39 is 12.3 Å². The van der Waals surface area contributed by atoms with Crippen molar-refractivity contribution in [3.63, 3.8) is 0 Å². The van der Waals surface area contributed by atoms with Gasteiger partial charge in [0.25, 0.3) is 5.03 Å². The van der Waals surface area contributed by atoms with E-state index >= 15 is 0 Å². The van der Waals surface area contributed by atoms with Crippen LogP contribution in [0.1, 0.15) is 66.8 Å². The van der Waals surface area contributed by atoms with Crippen molar-refractivity contribution in [2.45, 2.75) is 68.8 Å². The Labute approximate surface area is 272 Å². The van der Waals surface area contributed by atoms with Gasteiger partial charge in [0, 0.05) is 49.3 Å². The molecule has 240 valence electrons. The van der Waals surface area contributed by atoms with E-state index in [0.717, 1.165) is 38.1 Å². The monoisotopic (exact) mass is 642 g/mol. The minimum Gasteiger partial charge on any atom is -0.618 e. The second-order valence-corrected chi connectivity index (χ2v) is 12.3. The van der Waals surface area contributed by atoms with Crippen molar-refractivity contribution in [3.05, 3.63) is 125 Å². The van der Waals surface area contributed by atoms with Crippen molar-refractivity contribution >= 4 is 23.6 Å². The van der Waals surface area contributed by atoms with E-state index in [-0.39, 0.29) is 31.1 Å². The molecule has 1 aliphatic rings. The van der Waals surface area contributed by atoms with Gasteiger partial charge in [0.2, 0.25) is 5.91 Å². The number of thioether (sulfide) groups is 1. The van der Waals surface area contributed by atoms with E-state index in [1.807, 2.05) is 72.8 Å². The third kappa shape index (κ3) is 9.40. The van der Waals surface area contributed by atoms with E-state index in [2.05, 4.69) is 11.4 Å². The molecular formula is C36H38N2O7S. The second kappa shape index (κ2) is 16.4. The first-order valence-electron chi connectivity index (χ1n) is 15.4. The highest BCUT2D eigenvalue weighted by molar-refractivity contribution is 7.99. The SMILES string of the molecule is O=C(O)CCCCC(=O)NCc1cccc(-c2cccc([C@H]3O[C@@H](CSc4cccc[n+]4[O-])C[C@@H](c4ccc(CO)cc4)O3)c2)c1. The number of carbonyl (C=O) groups excluding carboxylic acids is 1. The molecule has 0 bridgehead atoms. The topological polar surface area (TPSA) is 132 Å². The highest BCUT2D eigenvalue weighted by Gasteiger charge is 2.33. The summed E-state index contributed by atoms with van der Waals surface area (Å²) in [4.78, 5) is 22.9. The predicted molar refractivity (Wildman–Crippen MR) is 174 cm³/mol. The molecule has 0 unspecified atom stereocenters. The van der Waals surface area contributed by atoms with E-state index in [1.54, 1.807) is 12.1 Å². The zero-order chi connectivity index (χ0) is 32.3. The van der Waals surface area contributed by atoms with Gasteiger partial charge in [-0.1, -0.05) is 72.4 Å². The third-order valence-electron chi connectivity index (χ3n) is 7.77. The Morgan fingerprint density at radius 3 is 2.39 bits per heavy atom. The number of benzene rings is 3. The standard InChI is InChI=1S/C36H38N2O7S/c39-23-25-14-16-27(17-15-25)32-21-31(24-46-34-12-3-4-18-38(34)43)44-36(45-32)30-10-6-9-29(20-30)28-8-5-7-26(19-28)22-37-33(40)11-1-2-13-35(41)42/h3-10,12,14-20,31-32,36,39H,1-2,11,13,21-24H2,(H,37,40)(H,41,42)/t31-,32+,36+/m1/s1. The van der Waals surface area contributed by atoms with Crippen LogP contribution in [0.4, 0.5) is 0 Å². The molecule has 0 aliphatic carbocycles. The molecule has 3 atom stereocenters. The summed E-state index contributed by atoms with van der Waals surface area (Å²) in [5.74, 6) is -0.379. The minimum absolute atomic E-state index is 0.0297. The number of nitrogens with one attached hydrogen (secondary N) is 1. The molecule has 9 nitrogen and oxygen atoms in total. The molecule has 4 aromatic rings. The molecule has 1 amide bonds. The Morgan fingerprint density at radius 1 is 0.870 bits per heavy atom. The third-order valence-corrected chi connectivity index (χ3v) is 8.92. The van der Waals surface area contributed by atoms with Crippen LogP contribution in [0.15, 0.2) is 102 Å².